The van der Waals surface area contributed by atoms with E-state index in [1.807, 2.05) is 46.9 Å². The third-order valence-electron chi connectivity index (χ3n) is 9.98. The molecule has 0 radical (unpaired) electrons. The van der Waals surface area contributed by atoms with E-state index in [-0.39, 0.29) is 17.2 Å². The summed E-state index contributed by atoms with van der Waals surface area (Å²) in [6.07, 6.45) is 15.1. The third-order valence-corrected chi connectivity index (χ3v) is 9.98. The summed E-state index contributed by atoms with van der Waals surface area (Å²) in [6.45, 7) is 4.40. The monoisotopic (exact) mass is 586 g/mol. The predicted octanol–water partition coefficient (Wildman–Crippen LogP) is 4.51. The topological polar surface area (TPSA) is 85.4 Å². The molecule has 1 saturated heterocycles. The van der Waals surface area contributed by atoms with Crippen molar-refractivity contribution in [3.63, 3.8) is 0 Å². The van der Waals surface area contributed by atoms with Gasteiger partial charge in [0.2, 0.25) is 5.91 Å². The van der Waals surface area contributed by atoms with E-state index >= 15 is 0 Å². The molecule has 230 valence electrons. The largest absolute Gasteiger partial charge is 0.337 e. The molecule has 0 N–H and O–H groups in total. The van der Waals surface area contributed by atoms with Crippen LogP contribution in [0.3, 0.4) is 0 Å². The summed E-state index contributed by atoms with van der Waals surface area (Å²) in [5.41, 5.74) is 2.37. The van der Waals surface area contributed by atoms with E-state index in [4.69, 9.17) is 4.98 Å². The van der Waals surface area contributed by atoms with E-state index in [0.29, 0.717) is 41.9 Å². The van der Waals surface area contributed by atoms with Crippen molar-refractivity contribution in [2.24, 2.45) is 18.9 Å². The second-order valence-electron chi connectivity index (χ2n) is 13.1. The molecule has 9 nitrogen and oxygen atoms in total. The maximum absolute atomic E-state index is 13.9. The summed E-state index contributed by atoms with van der Waals surface area (Å²) >= 11 is 0. The van der Waals surface area contributed by atoms with E-state index in [1.165, 1.54) is 43.1 Å². The molecule has 3 aliphatic rings. The number of piperazine rings is 1. The van der Waals surface area contributed by atoms with Crippen molar-refractivity contribution in [2.75, 3.05) is 33.2 Å². The van der Waals surface area contributed by atoms with Gasteiger partial charge in [0, 0.05) is 58.0 Å². The van der Waals surface area contributed by atoms with Crippen LogP contribution in [-0.4, -0.2) is 67.6 Å². The SMILES string of the molecule is CN1CCN(C(=O)/C=C/c2ccc(-c3nc4c(c(=O)n(CC5CCCCC5)c(=O)n4CC4CCCCC4)n3C)cc2)CC1. The van der Waals surface area contributed by atoms with Crippen molar-refractivity contribution in [3.05, 3.63) is 56.7 Å². The number of carbonyl (C=O) groups is 1. The van der Waals surface area contributed by atoms with E-state index in [2.05, 4.69) is 11.9 Å². The van der Waals surface area contributed by atoms with Crippen molar-refractivity contribution in [3.8, 4) is 11.4 Å². The number of fused-ring (bicyclic) bond motifs is 1. The third kappa shape index (κ3) is 6.42. The van der Waals surface area contributed by atoms with Gasteiger partial charge in [0.05, 0.1) is 0 Å². The van der Waals surface area contributed by atoms with Crippen LogP contribution >= 0.6 is 0 Å². The van der Waals surface area contributed by atoms with Crippen LogP contribution in [0.4, 0.5) is 0 Å². The summed E-state index contributed by atoms with van der Waals surface area (Å²) in [5, 5.41) is 0. The fourth-order valence-corrected chi connectivity index (χ4v) is 7.25. The first-order chi connectivity index (χ1) is 20.9. The molecule has 0 bridgehead atoms. The molecular weight excluding hydrogens is 540 g/mol. The van der Waals surface area contributed by atoms with Crippen LogP contribution in [-0.2, 0) is 24.9 Å². The second-order valence-corrected chi connectivity index (χ2v) is 13.1. The Kier molecular flexibility index (Phi) is 8.98. The maximum atomic E-state index is 13.9. The van der Waals surface area contributed by atoms with Crippen LogP contribution in [0.1, 0.15) is 69.8 Å². The van der Waals surface area contributed by atoms with Crippen LogP contribution in [0.25, 0.3) is 28.6 Å². The van der Waals surface area contributed by atoms with Gasteiger partial charge in [-0.1, -0.05) is 62.8 Å². The lowest BCUT2D eigenvalue weighted by Gasteiger charge is -2.31. The molecule has 1 amide bonds. The maximum Gasteiger partial charge on any atom is 0.332 e. The molecule has 1 aliphatic heterocycles. The van der Waals surface area contributed by atoms with Gasteiger partial charge in [-0.3, -0.25) is 18.7 Å². The lowest BCUT2D eigenvalue weighted by molar-refractivity contribution is -0.127. The summed E-state index contributed by atoms with van der Waals surface area (Å²) in [4.78, 5) is 49.6. The van der Waals surface area contributed by atoms with Crippen molar-refractivity contribution in [1.82, 2.24) is 28.5 Å². The number of carbonyl (C=O) groups excluding carboxylic acids is 1. The molecule has 2 aromatic heterocycles. The van der Waals surface area contributed by atoms with Gasteiger partial charge in [-0.15, -0.1) is 0 Å². The molecule has 9 heteroatoms. The van der Waals surface area contributed by atoms with Gasteiger partial charge in [-0.05, 0) is 56.2 Å². The summed E-state index contributed by atoms with van der Waals surface area (Å²) in [7, 11) is 3.96. The fourth-order valence-electron chi connectivity index (χ4n) is 7.25. The Labute approximate surface area is 253 Å². The molecule has 0 spiro atoms. The molecule has 1 aromatic carbocycles. The normalized spacial score (nSPS) is 19.5. The number of aryl methyl sites for hydroxylation is 1. The Balaban J connectivity index is 1.31. The standard InChI is InChI=1S/C34H46N6O3/c1-36-19-21-38(22-20-36)29(41)18-15-25-13-16-28(17-14-25)31-35-32-30(37(31)2)33(42)40(24-27-11-7-4-8-12-27)34(43)39(32)23-26-9-5-3-6-10-26/h13-18,26-27H,3-12,19-24H2,1-2H3/b18-15+. The molecule has 0 atom stereocenters. The number of nitrogens with zero attached hydrogens (tertiary/aromatic N) is 6. The molecule has 2 aliphatic carbocycles. The Hall–Kier alpha value is -3.46. The van der Waals surface area contributed by atoms with Crippen molar-refractivity contribution >= 4 is 23.1 Å². The Morgan fingerprint density at radius 1 is 0.814 bits per heavy atom. The number of benzene rings is 1. The quantitative estimate of drug-likeness (QED) is 0.381. The van der Waals surface area contributed by atoms with Gasteiger partial charge in [0.25, 0.3) is 5.56 Å². The lowest BCUT2D eigenvalue weighted by Crippen LogP contribution is -2.46. The van der Waals surface area contributed by atoms with Crippen LogP contribution in [0.2, 0.25) is 0 Å². The molecule has 0 unspecified atom stereocenters. The second kappa shape index (κ2) is 13.0. The highest BCUT2D eigenvalue weighted by molar-refractivity contribution is 5.92. The van der Waals surface area contributed by atoms with Gasteiger partial charge in [0.1, 0.15) is 5.82 Å². The predicted molar refractivity (Wildman–Crippen MR) is 171 cm³/mol. The Morgan fingerprint density at radius 3 is 2.00 bits per heavy atom. The van der Waals surface area contributed by atoms with Gasteiger partial charge >= 0.3 is 5.69 Å². The van der Waals surface area contributed by atoms with Gasteiger partial charge in [0.15, 0.2) is 11.2 Å². The van der Waals surface area contributed by atoms with E-state index in [0.717, 1.165) is 63.0 Å². The molecule has 3 fully saturated rings. The van der Waals surface area contributed by atoms with Crippen LogP contribution in [0, 0.1) is 11.8 Å². The number of hydrogen-bond acceptors (Lipinski definition) is 5. The van der Waals surface area contributed by atoms with Crippen molar-refractivity contribution < 1.29 is 4.79 Å². The number of aromatic nitrogens is 4. The van der Waals surface area contributed by atoms with E-state index in [1.54, 1.807) is 10.6 Å². The first kappa shape index (κ1) is 29.6. The minimum atomic E-state index is -0.228. The first-order valence-corrected chi connectivity index (χ1v) is 16.3. The zero-order valence-electron chi connectivity index (χ0n) is 25.8. The van der Waals surface area contributed by atoms with Crippen molar-refractivity contribution in [1.29, 1.82) is 0 Å². The summed E-state index contributed by atoms with van der Waals surface area (Å²) in [6, 6.07) is 7.90. The smallest absolute Gasteiger partial charge is 0.332 e. The van der Waals surface area contributed by atoms with Crippen molar-refractivity contribution in [2.45, 2.75) is 77.3 Å². The van der Waals surface area contributed by atoms with E-state index in [9.17, 15) is 14.4 Å². The minimum absolute atomic E-state index is 0.0352. The molecule has 43 heavy (non-hydrogen) atoms. The molecule has 3 heterocycles. The lowest BCUT2D eigenvalue weighted by atomic mass is 9.89. The first-order valence-electron chi connectivity index (χ1n) is 16.3. The minimum Gasteiger partial charge on any atom is -0.337 e. The number of imidazole rings is 1. The highest BCUT2D eigenvalue weighted by Crippen LogP contribution is 2.28. The number of amides is 1. The fraction of sp³-hybridized carbons (Fsp3) is 0.588. The average molecular weight is 587 g/mol. The average Bonchev–Trinajstić information content (AvgIpc) is 3.38. The van der Waals surface area contributed by atoms with Crippen LogP contribution in [0.15, 0.2) is 39.9 Å². The highest BCUT2D eigenvalue weighted by atomic mass is 16.2. The molecule has 2 saturated carbocycles. The van der Waals surface area contributed by atoms with Crippen LogP contribution < -0.4 is 11.2 Å². The summed E-state index contributed by atoms with van der Waals surface area (Å²) < 4.78 is 5.19. The molecular formula is C34H46N6O3. The number of hydrogen-bond donors (Lipinski definition) is 0. The zero-order valence-corrected chi connectivity index (χ0v) is 25.8. The van der Waals surface area contributed by atoms with Gasteiger partial charge in [-0.25, -0.2) is 9.78 Å². The number of rotatable bonds is 7. The van der Waals surface area contributed by atoms with Gasteiger partial charge < -0.3 is 14.4 Å². The molecule has 6 rings (SSSR count). The van der Waals surface area contributed by atoms with Crippen LogP contribution in [0.5, 0.6) is 0 Å². The van der Waals surface area contributed by atoms with Gasteiger partial charge in [-0.2, -0.15) is 0 Å². The zero-order chi connectivity index (χ0) is 29.9. The van der Waals surface area contributed by atoms with E-state index < -0.39 is 0 Å². The summed E-state index contributed by atoms with van der Waals surface area (Å²) in [5.74, 6) is 1.51. The highest BCUT2D eigenvalue weighted by Gasteiger charge is 2.25. The Bertz CT molecular complexity index is 1580. The molecule has 3 aromatic rings. The Morgan fingerprint density at radius 2 is 1.40 bits per heavy atom. The number of likely N-dealkylation sites (N-methyl/N-ethyl adjacent to an activating group) is 1.